The van der Waals surface area contributed by atoms with Gasteiger partial charge in [-0.15, -0.1) is 0 Å². The van der Waals surface area contributed by atoms with E-state index in [2.05, 4.69) is 15.0 Å². The number of rotatable bonds is 4. The predicted molar refractivity (Wildman–Crippen MR) is 83.7 cm³/mol. The van der Waals surface area contributed by atoms with E-state index in [-0.39, 0.29) is 18.9 Å². The van der Waals surface area contributed by atoms with Crippen LogP contribution in [0.3, 0.4) is 0 Å². The highest BCUT2D eigenvalue weighted by molar-refractivity contribution is 5.96. The number of aliphatic carboxylic acids is 1. The Morgan fingerprint density at radius 3 is 2.75 bits per heavy atom. The summed E-state index contributed by atoms with van der Waals surface area (Å²) < 4.78 is 5.08. The van der Waals surface area contributed by atoms with Gasteiger partial charge in [-0.1, -0.05) is 0 Å². The molecular formula is C16H16N4O4. The van der Waals surface area contributed by atoms with Gasteiger partial charge in [0.15, 0.2) is 0 Å². The summed E-state index contributed by atoms with van der Waals surface area (Å²) in [4.78, 5) is 37.7. The third-order valence-electron chi connectivity index (χ3n) is 4.10. The molecule has 0 bridgehead atoms. The van der Waals surface area contributed by atoms with Crippen molar-refractivity contribution in [3.05, 3.63) is 42.6 Å². The number of amides is 1. The Kier molecular flexibility index (Phi) is 4.37. The fraction of sp³-hybridized carbons (Fsp3) is 0.312. The van der Waals surface area contributed by atoms with E-state index in [0.29, 0.717) is 17.3 Å². The number of carbonyl (C=O) groups excluding carboxylic acids is 1. The molecule has 0 spiro atoms. The zero-order chi connectivity index (χ0) is 17.1. The minimum atomic E-state index is -1.01. The number of carboxylic acids is 1. The van der Waals surface area contributed by atoms with E-state index < -0.39 is 17.8 Å². The number of anilines is 1. The molecular weight excluding hydrogens is 312 g/mol. The third-order valence-corrected chi connectivity index (χ3v) is 4.10. The van der Waals surface area contributed by atoms with E-state index in [1.165, 1.54) is 18.3 Å². The first-order valence-electron chi connectivity index (χ1n) is 7.39. The van der Waals surface area contributed by atoms with Crippen LogP contribution in [0.25, 0.3) is 0 Å². The van der Waals surface area contributed by atoms with Crippen molar-refractivity contribution in [1.82, 2.24) is 15.0 Å². The van der Waals surface area contributed by atoms with Crippen molar-refractivity contribution >= 4 is 17.7 Å². The van der Waals surface area contributed by atoms with Crippen LogP contribution in [-0.2, 0) is 9.59 Å². The summed E-state index contributed by atoms with van der Waals surface area (Å²) in [6.07, 6.45) is 4.34. The summed E-state index contributed by atoms with van der Waals surface area (Å²) >= 11 is 0. The summed E-state index contributed by atoms with van der Waals surface area (Å²) in [5.41, 5.74) is 0.606. The molecule has 8 nitrogen and oxygen atoms in total. The quantitative estimate of drug-likeness (QED) is 0.896. The molecule has 124 valence electrons. The van der Waals surface area contributed by atoms with E-state index in [1.807, 2.05) is 0 Å². The standard InChI is InChI=1S/C16H16N4O4/c1-24-10-2-3-13(18-7-10)12-8-20(14-4-5-17-9-19-14)15(21)6-11(12)16(22)23/h2-5,7,9,11-12H,6,8H2,1H3,(H,22,23). The number of hydrogen-bond donors (Lipinski definition) is 1. The molecule has 0 aliphatic carbocycles. The lowest BCUT2D eigenvalue weighted by Crippen LogP contribution is -2.46. The molecule has 1 amide bonds. The number of pyridine rings is 1. The smallest absolute Gasteiger partial charge is 0.307 e. The fourth-order valence-corrected chi connectivity index (χ4v) is 2.82. The summed E-state index contributed by atoms with van der Waals surface area (Å²) in [6.45, 7) is 0.201. The van der Waals surface area contributed by atoms with Crippen molar-refractivity contribution in [2.75, 3.05) is 18.6 Å². The van der Waals surface area contributed by atoms with Gasteiger partial charge in [0.2, 0.25) is 5.91 Å². The van der Waals surface area contributed by atoms with E-state index in [9.17, 15) is 14.7 Å². The number of aromatic nitrogens is 3. The molecule has 1 aliphatic heterocycles. The van der Waals surface area contributed by atoms with Gasteiger partial charge in [0.05, 0.1) is 19.2 Å². The summed E-state index contributed by atoms with van der Waals surface area (Å²) in [6, 6.07) is 5.08. The number of nitrogens with zero attached hydrogens (tertiary/aromatic N) is 4. The molecule has 1 aliphatic rings. The topological polar surface area (TPSA) is 106 Å². The van der Waals surface area contributed by atoms with Gasteiger partial charge in [0.25, 0.3) is 0 Å². The van der Waals surface area contributed by atoms with Gasteiger partial charge in [-0.05, 0) is 18.2 Å². The Bertz CT molecular complexity index is 736. The van der Waals surface area contributed by atoms with Gasteiger partial charge >= 0.3 is 5.97 Å². The zero-order valence-electron chi connectivity index (χ0n) is 13.0. The monoisotopic (exact) mass is 328 g/mol. The molecule has 8 heteroatoms. The molecule has 3 heterocycles. The number of carboxylic acid groups (broad SMARTS) is 1. The minimum Gasteiger partial charge on any atom is -0.495 e. The van der Waals surface area contributed by atoms with E-state index in [0.717, 1.165) is 0 Å². The van der Waals surface area contributed by atoms with Crippen molar-refractivity contribution in [3.63, 3.8) is 0 Å². The van der Waals surface area contributed by atoms with Gasteiger partial charge in [0, 0.05) is 30.8 Å². The van der Waals surface area contributed by atoms with E-state index >= 15 is 0 Å². The maximum absolute atomic E-state index is 12.3. The molecule has 0 saturated carbocycles. The lowest BCUT2D eigenvalue weighted by molar-refractivity contribution is -0.145. The van der Waals surface area contributed by atoms with Crippen molar-refractivity contribution in [2.24, 2.45) is 5.92 Å². The number of ether oxygens (including phenoxy) is 1. The van der Waals surface area contributed by atoms with Crippen LogP contribution in [-0.4, -0.2) is 45.6 Å². The fourth-order valence-electron chi connectivity index (χ4n) is 2.82. The molecule has 0 radical (unpaired) electrons. The number of piperidine rings is 1. The second kappa shape index (κ2) is 6.61. The van der Waals surface area contributed by atoms with Crippen LogP contribution < -0.4 is 9.64 Å². The molecule has 1 saturated heterocycles. The van der Waals surface area contributed by atoms with Crippen LogP contribution in [0.15, 0.2) is 36.9 Å². The third kappa shape index (κ3) is 3.03. The first-order valence-corrected chi connectivity index (χ1v) is 7.39. The zero-order valence-corrected chi connectivity index (χ0v) is 13.0. The van der Waals surface area contributed by atoms with Crippen LogP contribution in [0.1, 0.15) is 18.0 Å². The average Bonchev–Trinajstić information content (AvgIpc) is 2.62. The Hall–Kier alpha value is -3.03. The lowest BCUT2D eigenvalue weighted by atomic mass is 9.82. The largest absolute Gasteiger partial charge is 0.495 e. The van der Waals surface area contributed by atoms with Crippen molar-refractivity contribution in [1.29, 1.82) is 0 Å². The summed E-state index contributed by atoms with van der Waals surface area (Å²) in [5, 5.41) is 9.50. The van der Waals surface area contributed by atoms with Crippen LogP contribution in [0.2, 0.25) is 0 Å². The highest BCUT2D eigenvalue weighted by Crippen LogP contribution is 2.34. The SMILES string of the molecule is COc1ccc(C2CN(c3ccncn3)C(=O)CC2C(=O)O)nc1. The van der Waals surface area contributed by atoms with Crippen molar-refractivity contribution in [3.8, 4) is 5.75 Å². The molecule has 24 heavy (non-hydrogen) atoms. The van der Waals surface area contributed by atoms with Gasteiger partial charge < -0.3 is 9.84 Å². The molecule has 2 aromatic rings. The molecule has 1 N–H and O–H groups in total. The number of carbonyl (C=O) groups is 2. The second-order valence-electron chi connectivity index (χ2n) is 5.45. The molecule has 2 unspecified atom stereocenters. The molecule has 3 rings (SSSR count). The van der Waals surface area contributed by atoms with Crippen molar-refractivity contribution < 1.29 is 19.4 Å². The highest BCUT2D eigenvalue weighted by atomic mass is 16.5. The highest BCUT2D eigenvalue weighted by Gasteiger charge is 2.40. The first kappa shape index (κ1) is 15.9. The maximum Gasteiger partial charge on any atom is 0.307 e. The molecule has 2 aromatic heterocycles. The molecule has 0 aromatic carbocycles. The maximum atomic E-state index is 12.3. The number of hydrogen-bond acceptors (Lipinski definition) is 6. The Labute approximate surface area is 138 Å². The lowest BCUT2D eigenvalue weighted by Gasteiger charge is -2.35. The minimum absolute atomic E-state index is 0.0995. The van der Waals surface area contributed by atoms with E-state index in [1.54, 1.807) is 30.6 Å². The Morgan fingerprint density at radius 2 is 2.17 bits per heavy atom. The average molecular weight is 328 g/mol. The van der Waals surface area contributed by atoms with Gasteiger partial charge in [0.1, 0.15) is 17.9 Å². The van der Waals surface area contributed by atoms with Crippen molar-refractivity contribution in [2.45, 2.75) is 12.3 Å². The molecule has 2 atom stereocenters. The normalized spacial score (nSPS) is 20.7. The van der Waals surface area contributed by atoms with Gasteiger partial charge in [-0.3, -0.25) is 19.5 Å². The second-order valence-corrected chi connectivity index (χ2v) is 5.45. The van der Waals surface area contributed by atoms with Crippen LogP contribution >= 0.6 is 0 Å². The Balaban J connectivity index is 1.93. The van der Waals surface area contributed by atoms with Crippen LogP contribution in [0, 0.1) is 5.92 Å². The van der Waals surface area contributed by atoms with Crippen LogP contribution in [0.4, 0.5) is 5.82 Å². The van der Waals surface area contributed by atoms with Gasteiger partial charge in [-0.2, -0.15) is 0 Å². The van der Waals surface area contributed by atoms with E-state index in [4.69, 9.17) is 4.74 Å². The van der Waals surface area contributed by atoms with Gasteiger partial charge in [-0.25, -0.2) is 9.97 Å². The first-order chi connectivity index (χ1) is 11.6. The number of methoxy groups -OCH3 is 1. The molecule has 1 fully saturated rings. The van der Waals surface area contributed by atoms with Crippen LogP contribution in [0.5, 0.6) is 5.75 Å². The Morgan fingerprint density at radius 1 is 1.33 bits per heavy atom. The summed E-state index contributed by atoms with van der Waals surface area (Å²) in [7, 11) is 1.53. The summed E-state index contributed by atoms with van der Waals surface area (Å²) in [5.74, 6) is -1.49. The predicted octanol–water partition coefficient (Wildman–Crippen LogP) is 1.10.